The van der Waals surface area contributed by atoms with E-state index in [0.29, 0.717) is 26.8 Å². The third-order valence-electron chi connectivity index (χ3n) is 3.30. The van der Waals surface area contributed by atoms with Gasteiger partial charge in [-0.15, -0.1) is 0 Å². The Morgan fingerprint density at radius 3 is 2.65 bits per heavy atom. The van der Waals surface area contributed by atoms with Gasteiger partial charge in [0.1, 0.15) is 5.75 Å². The highest BCUT2D eigenvalue weighted by Gasteiger charge is 2.07. The van der Waals surface area contributed by atoms with Gasteiger partial charge in [0, 0.05) is 5.02 Å². The smallest absolute Gasteiger partial charge is 0.259 e. The molecule has 3 rings (SSSR count). The SMILES string of the molecule is COc1ccc(/C=C(\Cl)c2nc3ccc(Cl)cc3c(=O)[nH]2)cc1. The van der Waals surface area contributed by atoms with Gasteiger partial charge in [-0.25, -0.2) is 4.98 Å². The number of hydrogen-bond donors (Lipinski definition) is 1. The maximum Gasteiger partial charge on any atom is 0.259 e. The first-order valence-corrected chi connectivity index (χ1v) is 7.53. The van der Waals surface area contributed by atoms with Gasteiger partial charge in [0.05, 0.1) is 23.0 Å². The Morgan fingerprint density at radius 1 is 1.22 bits per heavy atom. The largest absolute Gasteiger partial charge is 0.497 e. The summed E-state index contributed by atoms with van der Waals surface area (Å²) in [5, 5.41) is 1.25. The summed E-state index contributed by atoms with van der Waals surface area (Å²) in [4.78, 5) is 19.2. The molecule has 0 aliphatic carbocycles. The molecule has 2 aromatic carbocycles. The summed E-state index contributed by atoms with van der Waals surface area (Å²) in [6.45, 7) is 0. The van der Waals surface area contributed by atoms with Crippen molar-refractivity contribution in [3.63, 3.8) is 0 Å². The average molecular weight is 347 g/mol. The molecule has 3 aromatic rings. The van der Waals surface area contributed by atoms with Crippen LogP contribution >= 0.6 is 23.2 Å². The molecule has 1 aromatic heterocycles. The zero-order chi connectivity index (χ0) is 16.4. The summed E-state index contributed by atoms with van der Waals surface area (Å²) in [6.07, 6.45) is 1.72. The molecule has 1 N–H and O–H groups in total. The zero-order valence-electron chi connectivity index (χ0n) is 12.1. The van der Waals surface area contributed by atoms with Crippen molar-refractivity contribution >= 4 is 45.2 Å². The standard InChI is InChI=1S/C17H12Cl2N2O2/c1-23-12-5-2-10(3-6-12)8-14(19)16-20-15-7-4-11(18)9-13(15)17(22)21-16/h2-9H,1H3,(H,20,21,22)/b14-8-. The lowest BCUT2D eigenvalue weighted by Crippen LogP contribution is -2.10. The summed E-state index contributed by atoms with van der Waals surface area (Å²) in [6, 6.07) is 12.3. The Hall–Kier alpha value is -2.30. The molecule has 0 bridgehead atoms. The van der Waals surface area contributed by atoms with Gasteiger partial charge in [-0.3, -0.25) is 4.79 Å². The first-order chi connectivity index (χ1) is 11.1. The van der Waals surface area contributed by atoms with Crippen LogP contribution < -0.4 is 10.3 Å². The maximum absolute atomic E-state index is 12.1. The molecule has 0 radical (unpaired) electrons. The number of nitrogens with one attached hydrogen (secondary N) is 1. The lowest BCUT2D eigenvalue weighted by molar-refractivity contribution is 0.415. The van der Waals surface area contributed by atoms with Gasteiger partial charge >= 0.3 is 0 Å². The van der Waals surface area contributed by atoms with E-state index in [1.807, 2.05) is 24.3 Å². The van der Waals surface area contributed by atoms with Crippen molar-refractivity contribution in [2.45, 2.75) is 0 Å². The van der Waals surface area contributed by atoms with Crippen molar-refractivity contribution in [2.75, 3.05) is 7.11 Å². The van der Waals surface area contributed by atoms with E-state index < -0.39 is 0 Å². The molecule has 6 heteroatoms. The number of methoxy groups -OCH3 is 1. The Kier molecular flexibility index (Phi) is 4.37. The van der Waals surface area contributed by atoms with Crippen LogP contribution in [0, 0.1) is 0 Å². The van der Waals surface area contributed by atoms with Crippen LogP contribution in [0.4, 0.5) is 0 Å². The van der Waals surface area contributed by atoms with Crippen LogP contribution in [0.1, 0.15) is 11.4 Å². The van der Waals surface area contributed by atoms with E-state index in [-0.39, 0.29) is 5.56 Å². The van der Waals surface area contributed by atoms with Gasteiger partial charge in [-0.2, -0.15) is 0 Å². The normalized spacial score (nSPS) is 11.7. The predicted octanol–water partition coefficient (Wildman–Crippen LogP) is 4.32. The Morgan fingerprint density at radius 2 is 1.96 bits per heavy atom. The van der Waals surface area contributed by atoms with E-state index in [4.69, 9.17) is 27.9 Å². The summed E-state index contributed by atoms with van der Waals surface area (Å²) < 4.78 is 5.11. The van der Waals surface area contributed by atoms with Crippen molar-refractivity contribution in [1.29, 1.82) is 0 Å². The van der Waals surface area contributed by atoms with Gasteiger partial charge in [-0.05, 0) is 42.0 Å². The average Bonchev–Trinajstić information content (AvgIpc) is 2.56. The Balaban J connectivity index is 2.02. The number of rotatable bonds is 3. The van der Waals surface area contributed by atoms with E-state index in [1.54, 1.807) is 31.4 Å². The third kappa shape index (κ3) is 3.38. The molecule has 0 spiro atoms. The van der Waals surface area contributed by atoms with Gasteiger partial charge in [0.25, 0.3) is 5.56 Å². The molecular weight excluding hydrogens is 335 g/mol. The highest BCUT2D eigenvalue weighted by Crippen LogP contribution is 2.22. The van der Waals surface area contributed by atoms with E-state index >= 15 is 0 Å². The number of aromatic nitrogens is 2. The number of ether oxygens (including phenoxy) is 1. The molecule has 0 amide bonds. The second kappa shape index (κ2) is 6.44. The fourth-order valence-corrected chi connectivity index (χ4v) is 2.53. The Bertz CT molecular complexity index is 947. The highest BCUT2D eigenvalue weighted by molar-refractivity contribution is 6.50. The fraction of sp³-hybridized carbons (Fsp3) is 0.0588. The van der Waals surface area contributed by atoms with Crippen LogP contribution in [-0.2, 0) is 0 Å². The minimum Gasteiger partial charge on any atom is -0.497 e. The molecule has 0 unspecified atom stereocenters. The van der Waals surface area contributed by atoms with Crippen molar-refractivity contribution in [3.05, 3.63) is 69.2 Å². The monoisotopic (exact) mass is 346 g/mol. The molecule has 23 heavy (non-hydrogen) atoms. The first kappa shape index (κ1) is 15.6. The third-order valence-corrected chi connectivity index (χ3v) is 3.83. The zero-order valence-corrected chi connectivity index (χ0v) is 13.7. The lowest BCUT2D eigenvalue weighted by Gasteiger charge is -2.03. The molecule has 0 atom stereocenters. The molecular formula is C17H12Cl2N2O2. The predicted molar refractivity (Wildman–Crippen MR) is 94.1 cm³/mol. The topological polar surface area (TPSA) is 55.0 Å². The lowest BCUT2D eigenvalue weighted by atomic mass is 10.2. The van der Waals surface area contributed by atoms with Crippen LogP contribution in [0.5, 0.6) is 5.75 Å². The quantitative estimate of drug-likeness (QED) is 0.768. The van der Waals surface area contributed by atoms with Crippen molar-refractivity contribution in [1.82, 2.24) is 9.97 Å². The molecule has 0 aliphatic rings. The van der Waals surface area contributed by atoms with Crippen LogP contribution in [0.3, 0.4) is 0 Å². The number of hydrogen-bond acceptors (Lipinski definition) is 3. The fourth-order valence-electron chi connectivity index (χ4n) is 2.14. The summed E-state index contributed by atoms with van der Waals surface area (Å²) >= 11 is 12.2. The van der Waals surface area contributed by atoms with Gasteiger partial charge < -0.3 is 9.72 Å². The van der Waals surface area contributed by atoms with Crippen molar-refractivity contribution in [2.24, 2.45) is 0 Å². The maximum atomic E-state index is 12.1. The second-order valence-electron chi connectivity index (χ2n) is 4.84. The van der Waals surface area contributed by atoms with Crippen molar-refractivity contribution < 1.29 is 4.74 Å². The van der Waals surface area contributed by atoms with Crippen LogP contribution in [0.2, 0.25) is 5.02 Å². The first-order valence-electron chi connectivity index (χ1n) is 6.78. The van der Waals surface area contributed by atoms with Gasteiger partial charge in [0.2, 0.25) is 0 Å². The molecule has 0 aliphatic heterocycles. The minimum absolute atomic E-state index is 0.284. The number of halogens is 2. The number of nitrogens with zero attached hydrogens (tertiary/aromatic N) is 1. The van der Waals surface area contributed by atoms with E-state index in [1.165, 1.54) is 0 Å². The number of H-pyrrole nitrogens is 1. The van der Waals surface area contributed by atoms with Crippen LogP contribution in [0.25, 0.3) is 22.0 Å². The molecule has 4 nitrogen and oxygen atoms in total. The van der Waals surface area contributed by atoms with Crippen LogP contribution in [0.15, 0.2) is 47.3 Å². The Labute approximate surface area is 142 Å². The molecule has 0 fully saturated rings. The number of fused-ring (bicyclic) bond motifs is 1. The summed E-state index contributed by atoms with van der Waals surface area (Å²) in [5.41, 5.74) is 1.12. The molecule has 0 saturated heterocycles. The van der Waals surface area contributed by atoms with Crippen molar-refractivity contribution in [3.8, 4) is 5.75 Å². The second-order valence-corrected chi connectivity index (χ2v) is 5.69. The molecule has 116 valence electrons. The molecule has 0 saturated carbocycles. The van der Waals surface area contributed by atoms with E-state index in [0.717, 1.165) is 11.3 Å². The minimum atomic E-state index is -0.284. The summed E-state index contributed by atoms with van der Waals surface area (Å²) in [5.74, 6) is 1.06. The highest BCUT2D eigenvalue weighted by atomic mass is 35.5. The summed E-state index contributed by atoms with van der Waals surface area (Å²) in [7, 11) is 1.60. The van der Waals surface area contributed by atoms with E-state index in [2.05, 4.69) is 9.97 Å². The van der Waals surface area contributed by atoms with Crippen LogP contribution in [-0.4, -0.2) is 17.1 Å². The number of aromatic amines is 1. The van der Waals surface area contributed by atoms with E-state index in [9.17, 15) is 4.79 Å². The van der Waals surface area contributed by atoms with Gasteiger partial charge in [0.15, 0.2) is 5.82 Å². The number of benzene rings is 2. The van der Waals surface area contributed by atoms with Gasteiger partial charge in [-0.1, -0.05) is 35.3 Å². The molecule has 1 heterocycles.